The maximum Gasteiger partial charge on any atom is 0.0679 e. The molecule has 2 atom stereocenters. The third-order valence-electron chi connectivity index (χ3n) is 3.26. The second kappa shape index (κ2) is 4.33. The van der Waals surface area contributed by atoms with Gasteiger partial charge in [-0.25, -0.2) is 0 Å². The van der Waals surface area contributed by atoms with Crippen LogP contribution in [0.1, 0.15) is 25.3 Å². The normalized spacial score (nSPS) is 29.1. The van der Waals surface area contributed by atoms with Gasteiger partial charge in [-0.05, 0) is 24.9 Å². The molecule has 1 aliphatic carbocycles. The fourth-order valence-electron chi connectivity index (χ4n) is 2.00. The van der Waals surface area contributed by atoms with Crippen LogP contribution in [-0.4, -0.2) is 19.3 Å². The van der Waals surface area contributed by atoms with E-state index in [1.54, 1.807) is 0 Å². The Labute approximate surface area is 91.4 Å². The summed E-state index contributed by atoms with van der Waals surface area (Å²) in [5, 5.41) is 0. The molecule has 2 nitrogen and oxygen atoms in total. The second-order valence-electron chi connectivity index (χ2n) is 4.49. The van der Waals surface area contributed by atoms with E-state index in [0.717, 1.165) is 26.0 Å². The van der Waals surface area contributed by atoms with E-state index in [4.69, 9.17) is 10.5 Å². The van der Waals surface area contributed by atoms with Crippen LogP contribution in [0.25, 0.3) is 0 Å². The number of nitrogens with two attached hydrogens (primary N) is 1. The summed E-state index contributed by atoms with van der Waals surface area (Å²) in [6, 6.07) is 10.6. The Kier molecular flexibility index (Phi) is 3.08. The molecule has 15 heavy (non-hydrogen) atoms. The molecule has 0 aliphatic heterocycles. The van der Waals surface area contributed by atoms with Crippen LogP contribution in [0.3, 0.4) is 0 Å². The van der Waals surface area contributed by atoms with Crippen LogP contribution < -0.4 is 5.73 Å². The molecule has 1 saturated carbocycles. The fourth-order valence-corrected chi connectivity index (χ4v) is 2.00. The topological polar surface area (TPSA) is 35.2 Å². The van der Waals surface area contributed by atoms with Gasteiger partial charge in [-0.15, -0.1) is 0 Å². The summed E-state index contributed by atoms with van der Waals surface area (Å²) in [6.07, 6.45) is 2.50. The Morgan fingerprint density at radius 3 is 2.80 bits per heavy atom. The van der Waals surface area contributed by atoms with Crippen molar-refractivity contribution < 1.29 is 4.74 Å². The first-order valence-electron chi connectivity index (χ1n) is 5.64. The predicted molar refractivity (Wildman–Crippen MR) is 61.8 cm³/mol. The van der Waals surface area contributed by atoms with Gasteiger partial charge in [-0.1, -0.05) is 37.3 Å². The first-order valence-corrected chi connectivity index (χ1v) is 5.64. The molecule has 0 saturated heterocycles. The molecule has 82 valence electrons. The molecule has 1 aromatic carbocycles. The highest BCUT2D eigenvalue weighted by Crippen LogP contribution is 2.49. The number of benzene rings is 1. The zero-order chi connectivity index (χ0) is 10.7. The van der Waals surface area contributed by atoms with Crippen LogP contribution >= 0.6 is 0 Å². The Bertz CT molecular complexity index is 312. The number of hydrogen-bond donors (Lipinski definition) is 1. The molecule has 1 aromatic rings. The van der Waals surface area contributed by atoms with Gasteiger partial charge in [0, 0.05) is 12.0 Å². The zero-order valence-electron chi connectivity index (χ0n) is 9.28. The van der Waals surface area contributed by atoms with Gasteiger partial charge < -0.3 is 10.5 Å². The molecule has 0 heterocycles. The first kappa shape index (κ1) is 10.7. The molecular weight excluding hydrogens is 186 g/mol. The van der Waals surface area contributed by atoms with Crippen molar-refractivity contribution in [3.8, 4) is 0 Å². The second-order valence-corrected chi connectivity index (χ2v) is 4.49. The highest BCUT2D eigenvalue weighted by Gasteiger charge is 2.52. The van der Waals surface area contributed by atoms with Gasteiger partial charge in [-0.2, -0.15) is 0 Å². The van der Waals surface area contributed by atoms with Gasteiger partial charge in [0.15, 0.2) is 0 Å². The van der Waals surface area contributed by atoms with E-state index >= 15 is 0 Å². The summed E-state index contributed by atoms with van der Waals surface area (Å²) < 4.78 is 5.78. The third-order valence-corrected chi connectivity index (χ3v) is 3.26. The Balaban J connectivity index is 1.90. The van der Waals surface area contributed by atoms with Gasteiger partial charge >= 0.3 is 0 Å². The molecule has 1 aliphatic rings. The summed E-state index contributed by atoms with van der Waals surface area (Å²) in [7, 11) is 0. The molecule has 2 rings (SSSR count). The molecule has 0 spiro atoms. The van der Waals surface area contributed by atoms with E-state index in [1.807, 2.05) is 0 Å². The van der Waals surface area contributed by atoms with Crippen LogP contribution in [0.2, 0.25) is 0 Å². The van der Waals surface area contributed by atoms with Crippen LogP contribution in [0.15, 0.2) is 30.3 Å². The van der Waals surface area contributed by atoms with Crippen molar-refractivity contribution in [3.05, 3.63) is 35.9 Å². The minimum atomic E-state index is 0.246. The van der Waals surface area contributed by atoms with Crippen molar-refractivity contribution in [1.29, 1.82) is 0 Å². The predicted octanol–water partition coefficient (Wildman–Crippen LogP) is 2.08. The molecule has 2 N–H and O–H groups in total. The van der Waals surface area contributed by atoms with Gasteiger partial charge in [-0.3, -0.25) is 0 Å². The van der Waals surface area contributed by atoms with E-state index < -0.39 is 0 Å². The Morgan fingerprint density at radius 2 is 2.13 bits per heavy atom. The van der Waals surface area contributed by atoms with Crippen LogP contribution in [0, 0.1) is 0 Å². The zero-order valence-corrected chi connectivity index (χ0v) is 9.28. The lowest BCUT2D eigenvalue weighted by atomic mass is 9.98. The molecule has 0 bridgehead atoms. The molecule has 0 aromatic heterocycles. The van der Waals surface area contributed by atoms with Gasteiger partial charge in [0.05, 0.1) is 6.10 Å². The van der Waals surface area contributed by atoms with E-state index in [1.165, 1.54) is 5.56 Å². The van der Waals surface area contributed by atoms with Crippen LogP contribution in [-0.2, 0) is 10.2 Å². The molecule has 0 radical (unpaired) electrons. The first-order chi connectivity index (χ1) is 7.27. The third kappa shape index (κ3) is 2.21. The largest absolute Gasteiger partial charge is 0.377 e. The highest BCUT2D eigenvalue weighted by atomic mass is 16.5. The van der Waals surface area contributed by atoms with Gasteiger partial charge in [0.25, 0.3) is 0 Å². The highest BCUT2D eigenvalue weighted by molar-refractivity contribution is 5.33. The van der Waals surface area contributed by atoms with Crippen molar-refractivity contribution in [1.82, 2.24) is 0 Å². The van der Waals surface area contributed by atoms with Gasteiger partial charge in [0.2, 0.25) is 0 Å². The lowest BCUT2D eigenvalue weighted by Gasteiger charge is -2.11. The molecule has 1 fully saturated rings. The average molecular weight is 205 g/mol. The summed E-state index contributed by atoms with van der Waals surface area (Å²) in [5.74, 6) is 0. The van der Waals surface area contributed by atoms with Crippen LogP contribution in [0.4, 0.5) is 0 Å². The smallest absolute Gasteiger partial charge is 0.0679 e. The Hall–Kier alpha value is -0.860. The lowest BCUT2D eigenvalue weighted by molar-refractivity contribution is 0.104. The van der Waals surface area contributed by atoms with E-state index in [9.17, 15) is 0 Å². The van der Waals surface area contributed by atoms with Crippen molar-refractivity contribution >= 4 is 0 Å². The summed E-state index contributed by atoms with van der Waals surface area (Å²) >= 11 is 0. The minimum absolute atomic E-state index is 0.246. The summed E-state index contributed by atoms with van der Waals surface area (Å²) in [4.78, 5) is 0. The van der Waals surface area contributed by atoms with Gasteiger partial charge in [0.1, 0.15) is 0 Å². The van der Waals surface area contributed by atoms with Crippen molar-refractivity contribution in [3.63, 3.8) is 0 Å². The maximum atomic E-state index is 5.78. The van der Waals surface area contributed by atoms with E-state index in [-0.39, 0.29) is 5.41 Å². The van der Waals surface area contributed by atoms with Crippen molar-refractivity contribution in [2.75, 3.05) is 13.2 Å². The monoisotopic (exact) mass is 205 g/mol. The molecule has 2 heteroatoms. The fraction of sp³-hybridized carbons (Fsp3) is 0.538. The Morgan fingerprint density at radius 1 is 1.40 bits per heavy atom. The maximum absolute atomic E-state index is 5.78. The van der Waals surface area contributed by atoms with Crippen molar-refractivity contribution in [2.45, 2.75) is 31.3 Å². The summed E-state index contributed by atoms with van der Waals surface area (Å²) in [5.41, 5.74) is 7.07. The number of rotatable bonds is 5. The molecule has 1 unspecified atom stereocenters. The lowest BCUT2D eigenvalue weighted by Crippen LogP contribution is -2.12. The minimum Gasteiger partial charge on any atom is -0.377 e. The SMILES string of the molecule is C[C@]1(c2ccccc2)CC1OCCCN. The van der Waals surface area contributed by atoms with E-state index in [0.29, 0.717) is 6.10 Å². The number of hydrogen-bond acceptors (Lipinski definition) is 2. The standard InChI is InChI=1S/C13H19NO/c1-13(11-6-3-2-4-7-11)10-12(13)15-9-5-8-14/h2-4,6-7,12H,5,8-10,14H2,1H3/t12?,13-/m1/s1. The average Bonchev–Trinajstić information content (AvgIpc) is 2.93. The van der Waals surface area contributed by atoms with Crippen molar-refractivity contribution in [2.24, 2.45) is 5.73 Å². The van der Waals surface area contributed by atoms with E-state index in [2.05, 4.69) is 37.3 Å². The summed E-state index contributed by atoms with van der Waals surface area (Å²) in [6.45, 7) is 3.79. The molecular formula is C13H19NO. The molecule has 0 amide bonds. The quantitative estimate of drug-likeness (QED) is 0.747. The van der Waals surface area contributed by atoms with Crippen LogP contribution in [0.5, 0.6) is 0 Å². The number of ether oxygens (including phenoxy) is 1.